The fourth-order valence-electron chi connectivity index (χ4n) is 5.50. The number of benzene rings is 1. The second kappa shape index (κ2) is 8.01. The van der Waals surface area contributed by atoms with Crippen LogP contribution >= 0.6 is 11.8 Å². The third kappa shape index (κ3) is 3.40. The first-order valence-corrected chi connectivity index (χ1v) is 12.8. The van der Waals surface area contributed by atoms with Gasteiger partial charge in [-0.15, -0.1) is 0 Å². The van der Waals surface area contributed by atoms with Gasteiger partial charge in [0.05, 0.1) is 17.9 Å². The molecule has 1 saturated carbocycles. The Labute approximate surface area is 191 Å². The fraction of sp³-hybridized carbons (Fsp3) is 0.652. The van der Waals surface area contributed by atoms with E-state index in [2.05, 4.69) is 10.2 Å². The first kappa shape index (κ1) is 20.4. The van der Waals surface area contributed by atoms with E-state index in [0.717, 1.165) is 38.0 Å². The van der Waals surface area contributed by atoms with Crippen molar-refractivity contribution in [1.29, 1.82) is 0 Å². The van der Waals surface area contributed by atoms with E-state index in [1.807, 2.05) is 11.8 Å². The molecule has 5 fully saturated rings. The van der Waals surface area contributed by atoms with E-state index in [-0.39, 0.29) is 36.8 Å². The molecule has 0 radical (unpaired) electrons. The molecule has 32 heavy (non-hydrogen) atoms. The Balaban J connectivity index is 1.22. The Bertz CT molecular complexity index is 938. The van der Waals surface area contributed by atoms with Crippen LogP contribution in [0.2, 0.25) is 0 Å². The lowest BCUT2D eigenvalue weighted by molar-refractivity contribution is -0.127. The fourth-order valence-corrected chi connectivity index (χ4v) is 6.94. The quantitative estimate of drug-likeness (QED) is 0.742. The summed E-state index contributed by atoms with van der Waals surface area (Å²) >= 11 is 2.00. The number of hydrogen-bond acceptors (Lipinski definition) is 6. The smallest absolute Gasteiger partial charge is 0.415 e. The molecular formula is C23H28FN3O4S. The van der Waals surface area contributed by atoms with Crippen LogP contribution in [0.25, 0.3) is 0 Å². The van der Waals surface area contributed by atoms with Crippen molar-refractivity contribution in [2.24, 2.45) is 5.92 Å². The summed E-state index contributed by atoms with van der Waals surface area (Å²) in [6.07, 6.45) is 5.34. The molecule has 0 aromatic heterocycles. The van der Waals surface area contributed by atoms with Gasteiger partial charge >= 0.3 is 6.09 Å². The summed E-state index contributed by atoms with van der Waals surface area (Å²) in [4.78, 5) is 28.5. The largest absolute Gasteiger partial charge is 0.489 e. The van der Waals surface area contributed by atoms with Crippen molar-refractivity contribution in [3.8, 4) is 5.75 Å². The topological polar surface area (TPSA) is 71.1 Å². The Morgan fingerprint density at radius 2 is 2.03 bits per heavy atom. The van der Waals surface area contributed by atoms with Gasteiger partial charge < -0.3 is 19.7 Å². The van der Waals surface area contributed by atoms with Crippen LogP contribution < -0.4 is 19.9 Å². The lowest BCUT2D eigenvalue weighted by atomic mass is 9.85. The second-order valence-corrected chi connectivity index (χ2v) is 10.8. The van der Waals surface area contributed by atoms with Gasteiger partial charge in [0.25, 0.3) is 0 Å². The summed E-state index contributed by atoms with van der Waals surface area (Å²) in [6, 6.07) is 3.13. The lowest BCUT2D eigenvalue weighted by Crippen LogP contribution is -2.49. The molecule has 9 heteroatoms. The zero-order valence-electron chi connectivity index (χ0n) is 17.9. The number of amides is 2. The number of hydrogen-bond donors (Lipinski definition) is 1. The van der Waals surface area contributed by atoms with Gasteiger partial charge in [-0.1, -0.05) is 12.8 Å². The van der Waals surface area contributed by atoms with Crippen molar-refractivity contribution in [1.82, 2.24) is 5.32 Å². The maximum absolute atomic E-state index is 15.3. The molecule has 5 aliphatic heterocycles. The standard InChI is InChI=1S/C23H28FN3O4S/c24-16-7-18-20(8-17(16)26-10-15-6-2-5-14(26)12-32-15)30-11-19-21(31-23(29)27(18)19)9-25-22(28)13-3-1-4-13/h7-8,13-15,19,21H,1-6,9-12H2,(H,25,28)/t14?,15?,19-,21-/m0/s1. The molecule has 4 atom stereocenters. The van der Waals surface area contributed by atoms with Gasteiger partial charge in [0, 0.05) is 41.6 Å². The molecule has 172 valence electrons. The highest BCUT2D eigenvalue weighted by molar-refractivity contribution is 8.00. The summed E-state index contributed by atoms with van der Waals surface area (Å²) in [5.74, 6) is 1.30. The van der Waals surface area contributed by atoms with E-state index in [1.54, 1.807) is 6.07 Å². The SMILES string of the molecule is O=C(NC[C@@H]1OC(=O)N2c3cc(F)c(N4CC5CCCC4CS5)cc3OC[C@@H]12)C1CCC1. The van der Waals surface area contributed by atoms with Crippen molar-refractivity contribution >= 4 is 35.1 Å². The number of thioether (sulfide) groups is 1. The lowest BCUT2D eigenvalue weighted by Gasteiger charge is -2.39. The predicted molar refractivity (Wildman–Crippen MR) is 120 cm³/mol. The van der Waals surface area contributed by atoms with Crippen LogP contribution in [-0.4, -0.2) is 60.9 Å². The highest BCUT2D eigenvalue weighted by Gasteiger charge is 2.47. The number of nitrogens with one attached hydrogen (secondary N) is 1. The molecule has 0 spiro atoms. The summed E-state index contributed by atoms with van der Waals surface area (Å²) in [5.41, 5.74) is 0.978. The summed E-state index contributed by atoms with van der Waals surface area (Å²) < 4.78 is 26.9. The minimum absolute atomic E-state index is 0.0171. The maximum atomic E-state index is 15.3. The highest BCUT2D eigenvalue weighted by Crippen LogP contribution is 2.44. The zero-order chi connectivity index (χ0) is 21.8. The van der Waals surface area contributed by atoms with Crippen LogP contribution in [0.15, 0.2) is 12.1 Å². The van der Waals surface area contributed by atoms with Crippen molar-refractivity contribution in [2.75, 3.05) is 35.2 Å². The average Bonchev–Trinajstić information content (AvgIpc) is 2.90. The van der Waals surface area contributed by atoms with E-state index in [1.165, 1.54) is 23.8 Å². The van der Waals surface area contributed by atoms with E-state index >= 15 is 4.39 Å². The van der Waals surface area contributed by atoms with Crippen LogP contribution in [0.5, 0.6) is 5.75 Å². The molecule has 7 rings (SSSR count). The number of fused-ring (bicyclic) bond motifs is 7. The van der Waals surface area contributed by atoms with Gasteiger partial charge in [-0.05, 0) is 25.7 Å². The van der Waals surface area contributed by atoms with E-state index in [9.17, 15) is 9.59 Å². The molecule has 1 N–H and O–H groups in total. The molecule has 6 aliphatic rings. The Kier molecular flexibility index (Phi) is 5.12. The van der Waals surface area contributed by atoms with Gasteiger partial charge in [0.15, 0.2) is 0 Å². The molecular weight excluding hydrogens is 433 g/mol. The van der Waals surface area contributed by atoms with Gasteiger partial charge in [0.1, 0.15) is 30.3 Å². The minimum Gasteiger partial charge on any atom is -0.489 e. The number of anilines is 2. The highest BCUT2D eigenvalue weighted by atomic mass is 32.2. The van der Waals surface area contributed by atoms with Crippen molar-refractivity contribution in [2.45, 2.75) is 62.0 Å². The number of rotatable bonds is 4. The maximum Gasteiger partial charge on any atom is 0.415 e. The van der Waals surface area contributed by atoms with Crippen LogP contribution in [0.3, 0.4) is 0 Å². The molecule has 2 unspecified atom stereocenters. The molecule has 7 nitrogen and oxygen atoms in total. The number of cyclic esters (lactones) is 1. The summed E-state index contributed by atoms with van der Waals surface area (Å²) in [7, 11) is 0. The third-order valence-corrected chi connectivity index (χ3v) is 9.03. The van der Waals surface area contributed by atoms with E-state index in [0.29, 0.717) is 28.4 Å². The first-order valence-electron chi connectivity index (χ1n) is 11.7. The number of ether oxygens (including phenoxy) is 2. The number of carbonyl (C=O) groups excluding carboxylic acids is 2. The Hall–Kier alpha value is -2.16. The van der Waals surface area contributed by atoms with Crippen molar-refractivity contribution < 1.29 is 23.5 Å². The Morgan fingerprint density at radius 3 is 2.84 bits per heavy atom. The molecule has 2 amide bonds. The van der Waals surface area contributed by atoms with Crippen LogP contribution in [0.1, 0.15) is 38.5 Å². The molecule has 1 aromatic rings. The van der Waals surface area contributed by atoms with Gasteiger partial charge in [-0.25, -0.2) is 9.18 Å². The summed E-state index contributed by atoms with van der Waals surface area (Å²) in [5, 5.41) is 3.45. The molecule has 5 heterocycles. The Morgan fingerprint density at radius 1 is 1.19 bits per heavy atom. The number of halogens is 1. The van der Waals surface area contributed by atoms with Gasteiger partial charge in [-0.2, -0.15) is 11.8 Å². The molecule has 2 bridgehead atoms. The second-order valence-electron chi connectivity index (χ2n) is 9.51. The molecule has 1 aliphatic carbocycles. The van der Waals surface area contributed by atoms with Gasteiger partial charge in [-0.3, -0.25) is 9.69 Å². The normalized spacial score (nSPS) is 31.2. The first-order chi connectivity index (χ1) is 15.6. The molecule has 1 aromatic carbocycles. The number of nitrogens with zero attached hydrogens (tertiary/aromatic N) is 2. The summed E-state index contributed by atoms with van der Waals surface area (Å²) in [6.45, 7) is 1.36. The van der Waals surface area contributed by atoms with E-state index in [4.69, 9.17) is 9.47 Å². The predicted octanol–water partition coefficient (Wildman–Crippen LogP) is 3.30. The van der Waals surface area contributed by atoms with Crippen molar-refractivity contribution in [3.63, 3.8) is 0 Å². The minimum atomic E-state index is -0.514. The van der Waals surface area contributed by atoms with Crippen LogP contribution in [0.4, 0.5) is 20.6 Å². The average molecular weight is 462 g/mol. The number of carbonyl (C=O) groups is 2. The zero-order valence-corrected chi connectivity index (χ0v) is 18.7. The van der Waals surface area contributed by atoms with Crippen LogP contribution in [-0.2, 0) is 9.53 Å². The third-order valence-electron chi connectivity index (χ3n) is 7.60. The van der Waals surface area contributed by atoms with Crippen molar-refractivity contribution in [3.05, 3.63) is 17.9 Å². The molecule has 4 saturated heterocycles. The van der Waals surface area contributed by atoms with Crippen LogP contribution in [0, 0.1) is 11.7 Å². The monoisotopic (exact) mass is 461 g/mol. The van der Waals surface area contributed by atoms with Gasteiger partial charge in [0.2, 0.25) is 5.91 Å². The van der Waals surface area contributed by atoms with E-state index < -0.39 is 12.2 Å².